The van der Waals surface area contributed by atoms with Crippen molar-refractivity contribution in [3.63, 3.8) is 0 Å². The summed E-state index contributed by atoms with van der Waals surface area (Å²) < 4.78 is 0. The first-order valence-corrected chi connectivity index (χ1v) is 3.81. The van der Waals surface area contributed by atoms with E-state index in [0.29, 0.717) is 0 Å². The monoisotopic (exact) mass is 142 g/mol. The van der Waals surface area contributed by atoms with Gasteiger partial charge in [0.15, 0.2) is 0 Å². The average Bonchev–Trinajstić information content (AvgIpc) is 2.03. The van der Waals surface area contributed by atoms with Gasteiger partial charge in [-0.3, -0.25) is 4.99 Å². The van der Waals surface area contributed by atoms with Crippen molar-refractivity contribution in [3.8, 4) is 0 Å². The highest BCUT2D eigenvalue weighted by molar-refractivity contribution is 5.82. The molecule has 0 aromatic rings. The molecule has 1 aliphatic rings. The molecule has 0 fully saturated rings. The quantitative estimate of drug-likeness (QED) is 0.589. The van der Waals surface area contributed by atoms with E-state index in [2.05, 4.69) is 10.3 Å². The lowest BCUT2D eigenvalue weighted by Crippen LogP contribution is -2.29. The molecule has 3 heteroatoms. The van der Waals surface area contributed by atoms with Crippen molar-refractivity contribution in [1.82, 2.24) is 5.32 Å². The maximum absolute atomic E-state index is 8.51. The summed E-state index contributed by atoms with van der Waals surface area (Å²) in [5.41, 5.74) is 0. The van der Waals surface area contributed by atoms with E-state index < -0.39 is 0 Å². The van der Waals surface area contributed by atoms with Gasteiger partial charge in [-0.25, -0.2) is 0 Å². The lowest BCUT2D eigenvalue weighted by molar-refractivity contribution is 0.290. The van der Waals surface area contributed by atoms with Crippen LogP contribution in [0.2, 0.25) is 0 Å². The molecule has 0 atom stereocenters. The summed E-state index contributed by atoms with van der Waals surface area (Å²) in [7, 11) is 0. The Balaban J connectivity index is 2.18. The van der Waals surface area contributed by atoms with Gasteiger partial charge in [-0.15, -0.1) is 0 Å². The van der Waals surface area contributed by atoms with Crippen molar-refractivity contribution in [1.29, 1.82) is 0 Å². The van der Waals surface area contributed by atoms with Gasteiger partial charge < -0.3 is 10.4 Å². The summed E-state index contributed by atoms with van der Waals surface area (Å²) >= 11 is 0. The van der Waals surface area contributed by atoms with E-state index in [-0.39, 0.29) is 6.61 Å². The summed E-state index contributed by atoms with van der Waals surface area (Å²) in [5, 5.41) is 11.7. The second-order valence-corrected chi connectivity index (χ2v) is 2.44. The van der Waals surface area contributed by atoms with E-state index in [1.807, 2.05) is 0 Å². The van der Waals surface area contributed by atoms with Crippen LogP contribution in [-0.4, -0.2) is 30.6 Å². The van der Waals surface area contributed by atoms with E-state index >= 15 is 0 Å². The lowest BCUT2D eigenvalue weighted by atomic mass is 10.2. The third kappa shape index (κ3) is 2.35. The van der Waals surface area contributed by atoms with E-state index in [1.165, 1.54) is 0 Å². The molecule has 0 aliphatic carbocycles. The van der Waals surface area contributed by atoms with E-state index in [0.717, 1.165) is 38.2 Å². The summed E-state index contributed by atoms with van der Waals surface area (Å²) in [5.74, 6) is 1.07. The maximum Gasteiger partial charge on any atom is 0.0963 e. The van der Waals surface area contributed by atoms with Gasteiger partial charge in [0.1, 0.15) is 0 Å². The first kappa shape index (κ1) is 7.54. The molecule has 0 aromatic heterocycles. The Morgan fingerprint density at radius 1 is 1.60 bits per heavy atom. The van der Waals surface area contributed by atoms with Crippen LogP contribution in [-0.2, 0) is 0 Å². The molecule has 0 saturated carbocycles. The summed E-state index contributed by atoms with van der Waals surface area (Å²) in [4.78, 5) is 4.26. The molecule has 1 rings (SSSR count). The molecular formula is C7H14N2O. The summed E-state index contributed by atoms with van der Waals surface area (Å²) in [6.07, 6.45) is 2.87. The van der Waals surface area contributed by atoms with Crippen molar-refractivity contribution in [3.05, 3.63) is 0 Å². The number of aliphatic hydroxyl groups excluding tert-OH is 1. The van der Waals surface area contributed by atoms with Gasteiger partial charge in [0.25, 0.3) is 0 Å². The Hall–Kier alpha value is -0.570. The number of hydrogen-bond donors (Lipinski definition) is 2. The zero-order valence-electron chi connectivity index (χ0n) is 6.14. The number of aliphatic hydroxyl groups is 1. The van der Waals surface area contributed by atoms with Gasteiger partial charge in [-0.05, 0) is 12.8 Å². The summed E-state index contributed by atoms with van der Waals surface area (Å²) in [6, 6.07) is 0. The summed E-state index contributed by atoms with van der Waals surface area (Å²) in [6.45, 7) is 2.26. The van der Waals surface area contributed by atoms with Crippen molar-refractivity contribution >= 4 is 5.84 Å². The number of nitrogens with zero attached hydrogens (tertiary/aromatic N) is 1. The normalized spacial score (nSPS) is 17.9. The van der Waals surface area contributed by atoms with Gasteiger partial charge in [0.05, 0.1) is 5.84 Å². The molecule has 0 amide bonds. The first-order valence-electron chi connectivity index (χ1n) is 3.81. The molecule has 0 bridgehead atoms. The number of amidine groups is 1. The van der Waals surface area contributed by atoms with Crippen LogP contribution in [0.3, 0.4) is 0 Å². The minimum absolute atomic E-state index is 0.265. The number of aliphatic imine (C=N–C) groups is 1. The minimum atomic E-state index is 0.265. The fraction of sp³-hybridized carbons (Fsp3) is 0.857. The molecule has 0 unspecified atom stereocenters. The fourth-order valence-corrected chi connectivity index (χ4v) is 0.996. The van der Waals surface area contributed by atoms with Crippen LogP contribution in [0.1, 0.15) is 19.3 Å². The van der Waals surface area contributed by atoms with Crippen LogP contribution in [0.4, 0.5) is 0 Å². The van der Waals surface area contributed by atoms with Gasteiger partial charge in [0.2, 0.25) is 0 Å². The topological polar surface area (TPSA) is 44.6 Å². The standard InChI is InChI=1S/C7H14N2O/c10-6-1-3-7-8-4-2-5-9-7/h10H,1-6H2,(H,8,9). The number of hydrogen-bond acceptors (Lipinski definition) is 3. The van der Waals surface area contributed by atoms with Crippen molar-refractivity contribution in [2.75, 3.05) is 19.7 Å². The molecule has 1 aliphatic heterocycles. The zero-order valence-corrected chi connectivity index (χ0v) is 6.14. The second kappa shape index (κ2) is 4.28. The lowest BCUT2D eigenvalue weighted by Gasteiger charge is -2.13. The molecular weight excluding hydrogens is 128 g/mol. The van der Waals surface area contributed by atoms with Crippen LogP contribution in [0.25, 0.3) is 0 Å². The van der Waals surface area contributed by atoms with E-state index in [9.17, 15) is 0 Å². The molecule has 0 radical (unpaired) electrons. The van der Waals surface area contributed by atoms with E-state index in [4.69, 9.17) is 5.11 Å². The first-order chi connectivity index (χ1) is 4.93. The predicted octanol–water partition coefficient (Wildman–Crippen LogP) is 0.151. The Kier molecular flexibility index (Phi) is 3.22. The fourth-order valence-electron chi connectivity index (χ4n) is 0.996. The molecule has 2 N–H and O–H groups in total. The number of nitrogens with one attached hydrogen (secondary N) is 1. The second-order valence-electron chi connectivity index (χ2n) is 2.44. The van der Waals surface area contributed by atoms with Gasteiger partial charge in [-0.2, -0.15) is 0 Å². The molecule has 10 heavy (non-hydrogen) atoms. The van der Waals surface area contributed by atoms with Gasteiger partial charge in [0, 0.05) is 26.1 Å². The van der Waals surface area contributed by atoms with Crippen molar-refractivity contribution in [2.45, 2.75) is 19.3 Å². The number of rotatable bonds is 3. The Labute approximate surface area is 61.2 Å². The highest BCUT2D eigenvalue weighted by atomic mass is 16.2. The smallest absolute Gasteiger partial charge is 0.0963 e. The van der Waals surface area contributed by atoms with Gasteiger partial charge >= 0.3 is 0 Å². The van der Waals surface area contributed by atoms with Crippen LogP contribution in [0.15, 0.2) is 4.99 Å². The zero-order chi connectivity index (χ0) is 7.23. The molecule has 0 saturated heterocycles. The SMILES string of the molecule is OCCCC1=NCCCN1. The van der Waals surface area contributed by atoms with Crippen LogP contribution in [0.5, 0.6) is 0 Å². The van der Waals surface area contributed by atoms with Crippen LogP contribution < -0.4 is 5.32 Å². The third-order valence-electron chi connectivity index (χ3n) is 1.54. The van der Waals surface area contributed by atoms with Crippen LogP contribution in [0, 0.1) is 0 Å². The average molecular weight is 142 g/mol. The van der Waals surface area contributed by atoms with Crippen molar-refractivity contribution in [2.24, 2.45) is 4.99 Å². The van der Waals surface area contributed by atoms with E-state index in [1.54, 1.807) is 0 Å². The largest absolute Gasteiger partial charge is 0.396 e. The van der Waals surface area contributed by atoms with Gasteiger partial charge in [-0.1, -0.05) is 0 Å². The Morgan fingerprint density at radius 2 is 2.50 bits per heavy atom. The minimum Gasteiger partial charge on any atom is -0.396 e. The molecule has 3 nitrogen and oxygen atoms in total. The molecule has 58 valence electrons. The highest BCUT2D eigenvalue weighted by Gasteiger charge is 2.01. The molecule has 0 aromatic carbocycles. The predicted molar refractivity (Wildman–Crippen MR) is 41.2 cm³/mol. The Bertz CT molecular complexity index is 123. The Morgan fingerprint density at radius 3 is 3.10 bits per heavy atom. The third-order valence-corrected chi connectivity index (χ3v) is 1.54. The highest BCUT2D eigenvalue weighted by Crippen LogP contribution is 1.95. The molecule has 0 spiro atoms. The van der Waals surface area contributed by atoms with Crippen molar-refractivity contribution < 1.29 is 5.11 Å². The molecule has 1 heterocycles. The maximum atomic E-state index is 8.51. The van der Waals surface area contributed by atoms with Crippen LogP contribution >= 0.6 is 0 Å².